The van der Waals surface area contributed by atoms with Crippen molar-refractivity contribution >= 4 is 39.1 Å². The summed E-state index contributed by atoms with van der Waals surface area (Å²) in [6, 6.07) is 13.1. The van der Waals surface area contributed by atoms with Crippen molar-refractivity contribution in [3.05, 3.63) is 59.1 Å². The van der Waals surface area contributed by atoms with Crippen LogP contribution in [0.2, 0.25) is 5.02 Å². The number of amides is 2. The van der Waals surface area contributed by atoms with Gasteiger partial charge in [-0.2, -0.15) is 0 Å². The van der Waals surface area contributed by atoms with Gasteiger partial charge in [0.25, 0.3) is 5.91 Å². The number of carbonyl (C=O) groups excluding carboxylic acids is 2. The Kier molecular flexibility index (Phi) is 8.28. The van der Waals surface area contributed by atoms with E-state index < -0.39 is 10.0 Å². The van der Waals surface area contributed by atoms with Gasteiger partial charge in [-0.25, -0.2) is 13.1 Å². The first-order valence-corrected chi connectivity index (χ1v) is 12.6. The van der Waals surface area contributed by atoms with Gasteiger partial charge >= 0.3 is 0 Å². The van der Waals surface area contributed by atoms with Gasteiger partial charge in [0.15, 0.2) is 0 Å². The standard InChI is InChI=1S/C23H28ClN3O4S/c1-2-3-14-25-32(30,31)19-10-8-18(9-11-19)26-22(28)17-12-15-27(16-13-17)23(29)20-6-4-5-7-21(20)24/h4-11,17,25H,2-3,12-16H2,1H3,(H,26,28). The first-order valence-electron chi connectivity index (χ1n) is 10.8. The predicted molar refractivity (Wildman–Crippen MR) is 125 cm³/mol. The minimum atomic E-state index is -3.55. The monoisotopic (exact) mass is 477 g/mol. The van der Waals surface area contributed by atoms with E-state index in [2.05, 4.69) is 10.0 Å². The average molecular weight is 478 g/mol. The maximum absolute atomic E-state index is 12.7. The number of hydrogen-bond donors (Lipinski definition) is 2. The molecule has 3 rings (SSSR count). The van der Waals surface area contributed by atoms with Gasteiger partial charge in [-0.05, 0) is 55.7 Å². The van der Waals surface area contributed by atoms with Crippen molar-refractivity contribution in [2.45, 2.75) is 37.5 Å². The van der Waals surface area contributed by atoms with E-state index in [-0.39, 0.29) is 22.6 Å². The molecule has 2 aromatic carbocycles. The van der Waals surface area contributed by atoms with Gasteiger partial charge < -0.3 is 10.2 Å². The number of nitrogens with zero attached hydrogens (tertiary/aromatic N) is 1. The summed E-state index contributed by atoms with van der Waals surface area (Å²) in [5.41, 5.74) is 1.01. The number of unbranched alkanes of at least 4 members (excludes halogenated alkanes) is 1. The fourth-order valence-electron chi connectivity index (χ4n) is 3.58. The van der Waals surface area contributed by atoms with Gasteiger partial charge in [-0.15, -0.1) is 0 Å². The van der Waals surface area contributed by atoms with Gasteiger partial charge in [0.1, 0.15) is 0 Å². The molecule has 0 unspecified atom stereocenters. The van der Waals surface area contributed by atoms with Crippen molar-refractivity contribution in [3.8, 4) is 0 Å². The van der Waals surface area contributed by atoms with Crippen LogP contribution in [0.3, 0.4) is 0 Å². The van der Waals surface area contributed by atoms with Crippen LogP contribution >= 0.6 is 11.6 Å². The normalized spacial score (nSPS) is 14.9. The molecule has 32 heavy (non-hydrogen) atoms. The van der Waals surface area contributed by atoms with Crippen molar-refractivity contribution < 1.29 is 18.0 Å². The number of anilines is 1. The zero-order chi connectivity index (χ0) is 23.1. The number of carbonyl (C=O) groups is 2. The zero-order valence-corrected chi connectivity index (χ0v) is 19.6. The lowest BCUT2D eigenvalue weighted by molar-refractivity contribution is -0.121. The Balaban J connectivity index is 1.53. The Morgan fingerprint density at radius 3 is 2.34 bits per heavy atom. The van der Waals surface area contributed by atoms with E-state index in [1.165, 1.54) is 12.1 Å². The maximum atomic E-state index is 12.7. The molecule has 0 saturated carbocycles. The van der Waals surface area contributed by atoms with Crippen LogP contribution in [0.25, 0.3) is 0 Å². The summed E-state index contributed by atoms with van der Waals surface area (Å²) in [6.45, 7) is 3.34. The Morgan fingerprint density at radius 1 is 1.06 bits per heavy atom. The number of sulfonamides is 1. The largest absolute Gasteiger partial charge is 0.339 e. The molecular weight excluding hydrogens is 450 g/mol. The van der Waals surface area contributed by atoms with Crippen molar-refractivity contribution in [1.82, 2.24) is 9.62 Å². The van der Waals surface area contributed by atoms with Crippen molar-refractivity contribution in [3.63, 3.8) is 0 Å². The van der Waals surface area contributed by atoms with Crippen molar-refractivity contribution in [1.29, 1.82) is 0 Å². The third kappa shape index (κ3) is 6.09. The number of halogens is 1. The molecule has 0 radical (unpaired) electrons. The van der Waals surface area contributed by atoms with E-state index in [1.54, 1.807) is 41.3 Å². The lowest BCUT2D eigenvalue weighted by Crippen LogP contribution is -2.41. The topological polar surface area (TPSA) is 95.6 Å². The lowest BCUT2D eigenvalue weighted by atomic mass is 9.95. The van der Waals surface area contributed by atoms with Crippen LogP contribution in [0.1, 0.15) is 43.0 Å². The molecular formula is C23H28ClN3O4S. The smallest absolute Gasteiger partial charge is 0.255 e. The number of likely N-dealkylation sites (tertiary alicyclic amines) is 1. The van der Waals surface area contributed by atoms with E-state index in [0.717, 1.165) is 12.8 Å². The quantitative estimate of drug-likeness (QED) is 0.563. The summed E-state index contributed by atoms with van der Waals surface area (Å²) in [5.74, 6) is -0.477. The van der Waals surface area contributed by atoms with Gasteiger partial charge in [0, 0.05) is 31.2 Å². The number of piperidine rings is 1. The van der Waals surface area contributed by atoms with Crippen LogP contribution < -0.4 is 10.0 Å². The minimum absolute atomic E-state index is 0.126. The van der Waals surface area contributed by atoms with Crippen LogP contribution in [0.5, 0.6) is 0 Å². The molecule has 0 spiro atoms. The Morgan fingerprint density at radius 2 is 1.72 bits per heavy atom. The third-order valence-electron chi connectivity index (χ3n) is 5.51. The predicted octanol–water partition coefficient (Wildman–Crippen LogP) is 3.91. The van der Waals surface area contributed by atoms with Crippen LogP contribution in [-0.4, -0.2) is 44.8 Å². The highest BCUT2D eigenvalue weighted by atomic mass is 35.5. The zero-order valence-electron chi connectivity index (χ0n) is 18.0. The summed E-state index contributed by atoms with van der Waals surface area (Å²) in [7, 11) is -3.55. The van der Waals surface area contributed by atoms with Gasteiger partial charge in [0.2, 0.25) is 15.9 Å². The molecule has 9 heteroatoms. The Labute approximate surface area is 194 Å². The fourth-order valence-corrected chi connectivity index (χ4v) is 4.87. The molecule has 2 N–H and O–H groups in total. The molecule has 0 aromatic heterocycles. The highest BCUT2D eigenvalue weighted by Crippen LogP contribution is 2.24. The molecule has 1 fully saturated rings. The highest BCUT2D eigenvalue weighted by Gasteiger charge is 2.28. The van der Waals surface area contributed by atoms with E-state index in [0.29, 0.717) is 48.7 Å². The Hall–Kier alpha value is -2.42. The number of benzene rings is 2. The molecule has 1 aliphatic rings. The molecule has 1 heterocycles. The average Bonchev–Trinajstić information content (AvgIpc) is 2.79. The van der Waals surface area contributed by atoms with Crippen LogP contribution in [0.15, 0.2) is 53.4 Å². The second kappa shape index (κ2) is 10.9. The van der Waals surface area contributed by atoms with Crippen LogP contribution in [0, 0.1) is 5.92 Å². The minimum Gasteiger partial charge on any atom is -0.339 e. The molecule has 2 amide bonds. The summed E-state index contributed by atoms with van der Waals surface area (Å²) in [6.07, 6.45) is 2.78. The van der Waals surface area contributed by atoms with Gasteiger partial charge in [0.05, 0.1) is 15.5 Å². The molecule has 1 saturated heterocycles. The molecule has 0 bridgehead atoms. The molecule has 2 aromatic rings. The summed E-state index contributed by atoms with van der Waals surface area (Å²) >= 11 is 6.13. The molecule has 0 atom stereocenters. The van der Waals surface area contributed by atoms with Gasteiger partial charge in [-0.3, -0.25) is 9.59 Å². The number of nitrogens with one attached hydrogen (secondary N) is 2. The molecule has 0 aliphatic carbocycles. The van der Waals surface area contributed by atoms with Crippen LogP contribution in [0.4, 0.5) is 5.69 Å². The number of hydrogen-bond acceptors (Lipinski definition) is 4. The summed E-state index contributed by atoms with van der Waals surface area (Å²) in [4.78, 5) is 27.2. The first-order chi connectivity index (χ1) is 15.3. The second-order valence-corrected chi connectivity index (χ2v) is 9.99. The maximum Gasteiger partial charge on any atom is 0.255 e. The van der Waals surface area contributed by atoms with E-state index in [4.69, 9.17) is 11.6 Å². The Bertz CT molecular complexity index is 1050. The SMILES string of the molecule is CCCCNS(=O)(=O)c1ccc(NC(=O)C2CCN(C(=O)c3ccccc3Cl)CC2)cc1. The molecule has 1 aliphatic heterocycles. The second-order valence-electron chi connectivity index (χ2n) is 7.81. The highest BCUT2D eigenvalue weighted by molar-refractivity contribution is 7.89. The van der Waals surface area contributed by atoms with Crippen LogP contribution in [-0.2, 0) is 14.8 Å². The first kappa shape index (κ1) is 24.2. The summed E-state index contributed by atoms with van der Waals surface area (Å²) in [5, 5.41) is 3.27. The third-order valence-corrected chi connectivity index (χ3v) is 7.32. The van der Waals surface area contributed by atoms with E-state index in [9.17, 15) is 18.0 Å². The lowest BCUT2D eigenvalue weighted by Gasteiger charge is -2.31. The van der Waals surface area contributed by atoms with E-state index in [1.807, 2.05) is 6.92 Å². The van der Waals surface area contributed by atoms with Crippen molar-refractivity contribution in [2.75, 3.05) is 25.0 Å². The fraction of sp³-hybridized carbons (Fsp3) is 0.391. The molecule has 7 nitrogen and oxygen atoms in total. The number of rotatable bonds is 8. The van der Waals surface area contributed by atoms with Gasteiger partial charge in [-0.1, -0.05) is 37.1 Å². The van der Waals surface area contributed by atoms with Crippen molar-refractivity contribution in [2.24, 2.45) is 5.92 Å². The molecule has 172 valence electrons. The summed E-state index contributed by atoms with van der Waals surface area (Å²) < 4.78 is 27.1. The van der Waals surface area contributed by atoms with E-state index >= 15 is 0 Å².